The van der Waals surface area contributed by atoms with E-state index in [2.05, 4.69) is 51.8 Å². The molecule has 1 aromatic heterocycles. The van der Waals surface area contributed by atoms with Crippen LogP contribution in [0.15, 0.2) is 11.4 Å². The summed E-state index contributed by atoms with van der Waals surface area (Å²) in [5.41, 5.74) is 1.36. The number of hydrogen-bond donors (Lipinski definition) is 0. The largest absolute Gasteiger partial charge is 0.341 e. The molecule has 3 atom stereocenters. The van der Waals surface area contributed by atoms with Gasteiger partial charge in [0.2, 0.25) is 11.8 Å². The van der Waals surface area contributed by atoms with Gasteiger partial charge in [-0.25, -0.2) is 0 Å². The minimum atomic E-state index is 0.232. The van der Waals surface area contributed by atoms with Crippen molar-refractivity contribution in [3.63, 3.8) is 0 Å². The first kappa shape index (κ1) is 22.7. The van der Waals surface area contributed by atoms with Crippen LogP contribution in [0.5, 0.6) is 0 Å². The molecule has 0 bridgehead atoms. The molecule has 31 heavy (non-hydrogen) atoms. The fourth-order valence-electron chi connectivity index (χ4n) is 5.68. The second-order valence-electron chi connectivity index (χ2n) is 9.86. The van der Waals surface area contributed by atoms with E-state index >= 15 is 0 Å². The number of fused-ring (bicyclic) bond motifs is 1. The molecule has 4 rings (SSSR count). The summed E-state index contributed by atoms with van der Waals surface area (Å²) in [7, 11) is 0. The number of thiophene rings is 1. The minimum Gasteiger partial charge on any atom is -0.341 e. The minimum absolute atomic E-state index is 0.232. The molecule has 0 aromatic carbocycles. The maximum atomic E-state index is 13.1. The highest BCUT2D eigenvalue weighted by Gasteiger charge is 2.32. The number of carbonyl (C=O) groups excluding carboxylic acids is 2. The van der Waals surface area contributed by atoms with Crippen LogP contribution < -0.4 is 0 Å². The number of nitrogens with zero attached hydrogens (tertiary/aromatic N) is 4. The fourth-order valence-corrected chi connectivity index (χ4v) is 6.61. The van der Waals surface area contributed by atoms with Gasteiger partial charge in [0.05, 0.1) is 19.1 Å². The molecular formula is C24H38N4O2S. The lowest BCUT2D eigenvalue weighted by Crippen LogP contribution is -2.54. The summed E-state index contributed by atoms with van der Waals surface area (Å²) in [4.78, 5) is 36.0. The molecule has 4 heterocycles. The zero-order chi connectivity index (χ0) is 22.0. The molecule has 0 saturated carbocycles. The van der Waals surface area contributed by atoms with Crippen molar-refractivity contribution < 1.29 is 9.59 Å². The van der Waals surface area contributed by atoms with Gasteiger partial charge in [-0.05, 0) is 48.1 Å². The van der Waals surface area contributed by atoms with Gasteiger partial charge in [0.25, 0.3) is 0 Å². The number of hydrogen-bond acceptors (Lipinski definition) is 5. The predicted molar refractivity (Wildman–Crippen MR) is 125 cm³/mol. The molecule has 0 aliphatic carbocycles. The zero-order valence-corrected chi connectivity index (χ0v) is 20.2. The van der Waals surface area contributed by atoms with Gasteiger partial charge in [0.1, 0.15) is 0 Å². The van der Waals surface area contributed by atoms with Crippen LogP contribution in [0.3, 0.4) is 0 Å². The summed E-state index contributed by atoms with van der Waals surface area (Å²) in [5.74, 6) is 1.73. The second kappa shape index (κ2) is 10.0. The highest BCUT2D eigenvalue weighted by Crippen LogP contribution is 2.35. The third-order valence-corrected chi connectivity index (χ3v) is 8.20. The molecule has 6 nitrogen and oxygen atoms in total. The number of likely N-dealkylation sites (tertiary alicyclic amines) is 1. The molecule has 0 spiro atoms. The van der Waals surface area contributed by atoms with Crippen molar-refractivity contribution >= 4 is 23.2 Å². The first-order chi connectivity index (χ1) is 14.9. The van der Waals surface area contributed by atoms with Gasteiger partial charge in [-0.3, -0.25) is 19.4 Å². The van der Waals surface area contributed by atoms with Crippen LogP contribution in [0, 0.1) is 11.8 Å². The molecule has 1 aromatic rings. The molecule has 0 radical (unpaired) electrons. The van der Waals surface area contributed by atoms with Gasteiger partial charge in [-0.1, -0.05) is 20.8 Å². The van der Waals surface area contributed by atoms with Crippen LogP contribution in [-0.4, -0.2) is 90.3 Å². The molecule has 2 saturated heterocycles. The number of amides is 2. The standard InChI is InChI=1S/C24H38N4O2S/c1-4-21-20-6-12-31-22(20)5-7-28(21)24(30)17-26-10-8-25(9-11-26)16-23(29)27-14-18(2)13-19(3)15-27/h6,12,18-19,21H,4-5,7-11,13-17H2,1-3H3. The fraction of sp³-hybridized carbons (Fsp3) is 0.750. The first-order valence-corrected chi connectivity index (χ1v) is 12.9. The Bertz CT molecular complexity index is 763. The summed E-state index contributed by atoms with van der Waals surface area (Å²) in [6.07, 6.45) is 3.18. The summed E-state index contributed by atoms with van der Waals surface area (Å²) < 4.78 is 0. The Hall–Kier alpha value is -1.44. The van der Waals surface area contributed by atoms with E-state index in [1.165, 1.54) is 16.9 Å². The molecule has 0 N–H and O–H groups in total. The Morgan fingerprint density at radius 1 is 0.968 bits per heavy atom. The van der Waals surface area contributed by atoms with Gasteiger partial charge in [-0.15, -0.1) is 11.3 Å². The third-order valence-electron chi connectivity index (χ3n) is 7.21. The topological polar surface area (TPSA) is 47.1 Å². The van der Waals surface area contributed by atoms with E-state index in [1.807, 2.05) is 11.3 Å². The quantitative estimate of drug-likeness (QED) is 0.698. The normalized spacial score (nSPS) is 27.9. The highest BCUT2D eigenvalue weighted by molar-refractivity contribution is 7.10. The van der Waals surface area contributed by atoms with Crippen molar-refractivity contribution in [1.29, 1.82) is 0 Å². The van der Waals surface area contributed by atoms with Gasteiger partial charge in [-0.2, -0.15) is 0 Å². The van der Waals surface area contributed by atoms with E-state index in [-0.39, 0.29) is 17.9 Å². The molecule has 2 amide bonds. The SMILES string of the molecule is CCC1c2ccsc2CCN1C(=O)CN1CCN(CC(=O)N2CC(C)CC(C)C2)CC1. The third kappa shape index (κ3) is 5.32. The maximum Gasteiger partial charge on any atom is 0.237 e. The van der Waals surface area contributed by atoms with Crippen molar-refractivity contribution in [2.24, 2.45) is 11.8 Å². The van der Waals surface area contributed by atoms with E-state index in [1.54, 1.807) is 0 Å². The number of rotatable bonds is 5. The van der Waals surface area contributed by atoms with Crippen molar-refractivity contribution in [3.8, 4) is 0 Å². The Kier molecular flexibility index (Phi) is 7.34. The summed E-state index contributed by atoms with van der Waals surface area (Å²) in [5, 5.41) is 2.16. The first-order valence-electron chi connectivity index (χ1n) is 12.0. The second-order valence-corrected chi connectivity index (χ2v) is 10.9. The van der Waals surface area contributed by atoms with Crippen molar-refractivity contribution in [1.82, 2.24) is 19.6 Å². The smallest absolute Gasteiger partial charge is 0.237 e. The Balaban J connectivity index is 1.24. The molecular weight excluding hydrogens is 408 g/mol. The van der Waals surface area contributed by atoms with E-state index < -0.39 is 0 Å². The predicted octanol–water partition coefficient (Wildman–Crippen LogP) is 2.71. The summed E-state index contributed by atoms with van der Waals surface area (Å²) in [6, 6.07) is 2.43. The van der Waals surface area contributed by atoms with E-state index in [9.17, 15) is 9.59 Å². The van der Waals surface area contributed by atoms with Crippen LogP contribution in [0.1, 0.15) is 50.1 Å². The van der Waals surface area contributed by atoms with E-state index in [0.29, 0.717) is 24.9 Å². The van der Waals surface area contributed by atoms with Crippen LogP contribution in [0.2, 0.25) is 0 Å². The molecule has 2 fully saturated rings. The van der Waals surface area contributed by atoms with Crippen LogP contribution >= 0.6 is 11.3 Å². The molecule has 7 heteroatoms. The lowest BCUT2D eigenvalue weighted by molar-refractivity contribution is -0.138. The monoisotopic (exact) mass is 446 g/mol. The van der Waals surface area contributed by atoms with Crippen molar-refractivity contribution in [3.05, 3.63) is 21.9 Å². The Morgan fingerprint density at radius 2 is 1.58 bits per heavy atom. The van der Waals surface area contributed by atoms with E-state index in [0.717, 1.165) is 58.7 Å². The summed E-state index contributed by atoms with van der Waals surface area (Å²) >= 11 is 1.82. The van der Waals surface area contributed by atoms with Gasteiger partial charge < -0.3 is 9.80 Å². The van der Waals surface area contributed by atoms with Crippen LogP contribution in [0.4, 0.5) is 0 Å². The van der Waals surface area contributed by atoms with Gasteiger partial charge in [0.15, 0.2) is 0 Å². The van der Waals surface area contributed by atoms with Crippen molar-refractivity contribution in [2.75, 3.05) is 58.9 Å². The van der Waals surface area contributed by atoms with E-state index in [4.69, 9.17) is 0 Å². The highest BCUT2D eigenvalue weighted by atomic mass is 32.1. The van der Waals surface area contributed by atoms with Gasteiger partial charge >= 0.3 is 0 Å². The average molecular weight is 447 g/mol. The lowest BCUT2D eigenvalue weighted by Gasteiger charge is -2.40. The van der Waals surface area contributed by atoms with Crippen molar-refractivity contribution in [2.45, 2.75) is 46.1 Å². The lowest BCUT2D eigenvalue weighted by atomic mass is 9.92. The number of piperazine rings is 1. The zero-order valence-electron chi connectivity index (χ0n) is 19.4. The molecule has 3 aliphatic heterocycles. The average Bonchev–Trinajstić information content (AvgIpc) is 3.22. The number of carbonyl (C=O) groups is 2. The Morgan fingerprint density at radius 3 is 2.19 bits per heavy atom. The molecule has 172 valence electrons. The molecule has 3 aliphatic rings. The Labute approximate surface area is 191 Å². The van der Waals surface area contributed by atoms with Crippen LogP contribution in [0.25, 0.3) is 0 Å². The van der Waals surface area contributed by atoms with Gasteiger partial charge in [0, 0.05) is 50.7 Å². The maximum absolute atomic E-state index is 13.1. The van der Waals surface area contributed by atoms with Crippen LogP contribution in [-0.2, 0) is 16.0 Å². The molecule has 3 unspecified atom stereocenters. The summed E-state index contributed by atoms with van der Waals surface area (Å²) in [6.45, 7) is 13.8. The number of piperidine rings is 1.